The van der Waals surface area contributed by atoms with E-state index in [0.29, 0.717) is 103 Å². The van der Waals surface area contributed by atoms with Crippen LogP contribution < -0.4 is 21.2 Å². The van der Waals surface area contributed by atoms with Crippen molar-refractivity contribution in [3.8, 4) is 39.6 Å². The number of nitrogen functional groups attached to an aromatic ring is 1. The number of hydrogen-bond donors (Lipinski definition) is 5. The van der Waals surface area contributed by atoms with E-state index < -0.39 is 24.3 Å². The molecule has 25 heteroatoms. The number of rotatable bonds is 15. The van der Waals surface area contributed by atoms with Crippen LogP contribution in [0.2, 0.25) is 10.0 Å². The van der Waals surface area contributed by atoms with Gasteiger partial charge in [0.25, 0.3) is 6.33 Å². The minimum atomic E-state index is -0.614. The average Bonchev–Trinajstić information content (AvgIpc) is 2.20. The van der Waals surface area contributed by atoms with Crippen molar-refractivity contribution in [3.63, 3.8) is 0 Å². The summed E-state index contributed by atoms with van der Waals surface area (Å²) < 4.78 is 12.6. The van der Waals surface area contributed by atoms with Crippen molar-refractivity contribution < 1.29 is 33.4 Å². The normalized spacial score (nSPS) is 16.8. The Morgan fingerprint density at radius 2 is 1.20 bits per heavy atom. The molecular formula is C64H58Cl2N17O6+. The monoisotopic (exact) mass is 1230 g/mol. The van der Waals surface area contributed by atoms with Crippen LogP contribution in [0.1, 0.15) is 83.5 Å². The Labute approximate surface area is 519 Å². The van der Waals surface area contributed by atoms with Gasteiger partial charge < -0.3 is 35.0 Å². The van der Waals surface area contributed by atoms with Gasteiger partial charge in [-0.25, -0.2) is 19.6 Å². The number of hydrogen-bond acceptors (Lipinski definition) is 14. The maximum atomic E-state index is 14.7. The summed E-state index contributed by atoms with van der Waals surface area (Å²) in [7, 11) is 2.59. The van der Waals surface area contributed by atoms with Crippen LogP contribution in [0, 0.1) is 0 Å². The van der Waals surface area contributed by atoms with Gasteiger partial charge in [0.2, 0.25) is 11.8 Å². The number of carbonyl (C=O) groups excluding carboxylic acids is 4. The third-order valence-corrected chi connectivity index (χ3v) is 16.3. The van der Waals surface area contributed by atoms with Crippen molar-refractivity contribution in [1.82, 2.24) is 64.9 Å². The zero-order valence-electron chi connectivity index (χ0n) is 48.0. The molecule has 2 aliphatic rings. The van der Waals surface area contributed by atoms with Crippen molar-refractivity contribution in [2.45, 2.75) is 49.6 Å². The van der Waals surface area contributed by atoms with Gasteiger partial charge in [0, 0.05) is 104 Å². The predicted molar refractivity (Wildman–Crippen MR) is 334 cm³/mol. The van der Waals surface area contributed by atoms with Crippen LogP contribution in [-0.4, -0.2) is 116 Å². The van der Waals surface area contributed by atoms with Crippen LogP contribution in [0.3, 0.4) is 0 Å². The third-order valence-electron chi connectivity index (χ3n) is 15.8. The molecule has 2 fully saturated rings. The van der Waals surface area contributed by atoms with Crippen molar-refractivity contribution in [2.75, 3.05) is 43.7 Å². The molecule has 4 amide bonds. The quantitative estimate of drug-likeness (QED) is 0.0363. The molecule has 0 saturated carbocycles. The van der Waals surface area contributed by atoms with E-state index in [2.05, 4.69) is 53.4 Å². The molecule has 6 heterocycles. The Morgan fingerprint density at radius 1 is 0.640 bits per heavy atom. The first kappa shape index (κ1) is 58.6. The summed E-state index contributed by atoms with van der Waals surface area (Å²) in [5.41, 5.74) is 15.9. The lowest BCUT2D eigenvalue weighted by molar-refractivity contribution is -0.718. The molecular weight excluding hydrogens is 1170 g/mol. The number of ether oxygens (including phenoxy) is 2. The number of anilines is 3. The predicted octanol–water partition coefficient (Wildman–Crippen LogP) is 10.9. The van der Waals surface area contributed by atoms with Crippen molar-refractivity contribution in [2.24, 2.45) is 0 Å². The lowest BCUT2D eigenvalue weighted by Crippen LogP contribution is -2.42. The van der Waals surface area contributed by atoms with E-state index in [9.17, 15) is 19.2 Å². The minimum Gasteiger partial charge on any atom is -0.453 e. The van der Waals surface area contributed by atoms with Crippen LogP contribution in [0.4, 0.5) is 26.7 Å². The number of halogens is 2. The van der Waals surface area contributed by atoms with Gasteiger partial charge in [-0.1, -0.05) is 82.5 Å². The lowest BCUT2D eigenvalue weighted by atomic mass is 9.82. The molecule has 4 unspecified atom stereocenters. The van der Waals surface area contributed by atoms with E-state index in [0.717, 1.165) is 36.0 Å². The first-order chi connectivity index (χ1) is 43.4. The van der Waals surface area contributed by atoms with Gasteiger partial charge in [0.05, 0.1) is 43.4 Å². The summed E-state index contributed by atoms with van der Waals surface area (Å²) in [5, 5.41) is 27.4. The van der Waals surface area contributed by atoms with Gasteiger partial charge in [-0.3, -0.25) is 20.2 Å². The molecule has 12 rings (SSSR count). The molecule has 448 valence electrons. The number of aromatic amines is 2. The van der Waals surface area contributed by atoms with Crippen LogP contribution in [-0.2, 0) is 19.1 Å². The Hall–Kier alpha value is -10.8. The van der Waals surface area contributed by atoms with Gasteiger partial charge in [-0.05, 0) is 143 Å². The number of likely N-dealkylation sites (tertiary alicyclic amines) is 2. The molecule has 89 heavy (non-hydrogen) atoms. The number of nitrogens with zero attached hydrogens (tertiary/aromatic N) is 12. The number of piperidine rings is 2. The Morgan fingerprint density at radius 3 is 1.79 bits per heavy atom. The molecule has 0 radical (unpaired) electrons. The van der Waals surface area contributed by atoms with Gasteiger partial charge in [0.15, 0.2) is 11.4 Å². The van der Waals surface area contributed by atoms with Crippen LogP contribution in [0.5, 0.6) is 0 Å². The molecule has 6 N–H and O–H groups in total. The SMILES string of the molecule is COC(=O)Nc1ccc(-c2c[nH]c(C3C(c4ccc(-[n+]5ncn(-c6ccc(Cl)cc6C=CC(=O)N6CCCC(c7ccccc7)C6c6nc(-c7ccc(NC(=O)OC)cc7N)c[nH]6)n5)cc4)CCCN3C(=O)C=Cc3cc(Cl)ccc3-n3cnnn3)n2)cc1. The van der Waals surface area contributed by atoms with Crippen LogP contribution in [0.25, 0.3) is 51.7 Å². The van der Waals surface area contributed by atoms with Gasteiger partial charge >= 0.3 is 12.2 Å². The Kier molecular flexibility index (Phi) is 17.2. The number of carbonyl (C=O) groups is 4. The summed E-state index contributed by atoms with van der Waals surface area (Å²) in [4.78, 5) is 75.2. The van der Waals surface area contributed by atoms with E-state index in [-0.39, 0.29) is 23.7 Å². The fourth-order valence-corrected chi connectivity index (χ4v) is 12.0. The highest BCUT2D eigenvalue weighted by Gasteiger charge is 2.40. The number of nitrogens with one attached hydrogen (secondary N) is 4. The van der Waals surface area contributed by atoms with Crippen molar-refractivity contribution in [1.29, 1.82) is 0 Å². The molecule has 6 aromatic carbocycles. The number of amides is 4. The second-order valence-electron chi connectivity index (χ2n) is 21.2. The first-order valence-electron chi connectivity index (χ1n) is 28.5. The lowest BCUT2D eigenvalue weighted by Gasteiger charge is -2.40. The fraction of sp³-hybridized carbons (Fsp3) is 0.188. The molecule has 0 bridgehead atoms. The average molecular weight is 1230 g/mol. The van der Waals surface area contributed by atoms with Crippen LogP contribution in [0.15, 0.2) is 171 Å². The zero-order chi connectivity index (χ0) is 61.5. The van der Waals surface area contributed by atoms with E-state index >= 15 is 0 Å². The largest absolute Gasteiger partial charge is 0.453 e. The smallest absolute Gasteiger partial charge is 0.411 e. The minimum absolute atomic E-state index is 0.0807. The molecule has 4 aromatic heterocycles. The second kappa shape index (κ2) is 26.1. The zero-order valence-corrected chi connectivity index (χ0v) is 49.5. The molecule has 0 aliphatic carbocycles. The fourth-order valence-electron chi connectivity index (χ4n) is 11.6. The van der Waals surface area contributed by atoms with E-state index in [1.807, 2.05) is 76.7 Å². The van der Waals surface area contributed by atoms with Crippen molar-refractivity contribution in [3.05, 3.63) is 215 Å². The maximum absolute atomic E-state index is 14.7. The molecule has 10 aromatic rings. The van der Waals surface area contributed by atoms with Gasteiger partial charge in [-0.2, -0.15) is 4.68 Å². The number of H-pyrrole nitrogens is 2. The van der Waals surface area contributed by atoms with Gasteiger partial charge in [0.1, 0.15) is 23.2 Å². The maximum Gasteiger partial charge on any atom is 0.411 e. The molecule has 2 aliphatic heterocycles. The number of imidazole rings is 2. The second-order valence-corrected chi connectivity index (χ2v) is 22.1. The molecule has 23 nitrogen and oxygen atoms in total. The summed E-state index contributed by atoms with van der Waals surface area (Å²) in [5.74, 6) is 0.452. The number of tetrazole rings is 2. The van der Waals surface area contributed by atoms with Crippen LogP contribution >= 0.6 is 23.2 Å². The number of benzene rings is 6. The number of nitrogens with two attached hydrogens (primary N) is 1. The molecule has 4 atom stereocenters. The topological polar surface area (TPSA) is 279 Å². The highest BCUT2D eigenvalue weighted by molar-refractivity contribution is 6.31. The Bertz CT molecular complexity index is 4260. The van der Waals surface area contributed by atoms with Gasteiger partial charge in [-0.15, -0.1) is 5.10 Å². The van der Waals surface area contributed by atoms with E-state index in [4.69, 9.17) is 53.6 Å². The first-order valence-corrected chi connectivity index (χ1v) is 29.2. The molecule has 0 spiro atoms. The summed E-state index contributed by atoms with van der Waals surface area (Å²) >= 11 is 13.1. The third kappa shape index (κ3) is 12.9. The van der Waals surface area contributed by atoms with E-state index in [1.165, 1.54) is 36.1 Å². The summed E-state index contributed by atoms with van der Waals surface area (Å²) in [6.07, 6.45) is 15.0. The highest BCUT2D eigenvalue weighted by atomic mass is 35.5. The summed E-state index contributed by atoms with van der Waals surface area (Å²) in [6, 6.07) is 40.0. The summed E-state index contributed by atoms with van der Waals surface area (Å²) in [6.45, 7) is 0.944. The van der Waals surface area contributed by atoms with Crippen molar-refractivity contribution >= 4 is 76.4 Å². The number of aromatic nitrogens is 12. The highest BCUT2D eigenvalue weighted by Crippen LogP contribution is 2.44. The molecule has 2 saturated heterocycles. The Balaban J connectivity index is 0.802. The standard InChI is InChI=1S/C64H57Cl2N17O6/c1-88-63(86)72-46-20-12-41(13-21-46)53-35-68-61(74-53)60-50(11-7-31-80(60)57(84)28-16-42-32-44(65)18-26-55(42)81-37-70-76-77-81)40-14-23-48(24-15-40)83-71-38-82(78-83)56-27-19-45(66)33-43(56)17-29-58(85)79-30-6-10-49(39-8-4-3-5-9-39)59(79)62-69-36-54(75-62)51-25-22-47(34-52(51)67)73-64(87)89-2/h3-5,8-9,12-29,32-38,49-50,59-60,78H,6-7,10-11,30-31H2,1-2H3,(H4,67,68,69,72,73,74,75,76,77,86,87)/p+1. The van der Waals surface area contributed by atoms with E-state index in [1.54, 1.807) is 96.1 Å². The number of methoxy groups -OCH3 is 2.